The number of fused-ring (bicyclic) bond motifs is 3. The molecule has 3 aromatic heterocycles. The number of hydrogen-bond acceptors (Lipinski definition) is 8. The van der Waals surface area contributed by atoms with Gasteiger partial charge in [-0.15, -0.1) is 0 Å². The number of aromatic nitrogens is 4. The van der Waals surface area contributed by atoms with Crippen LogP contribution in [0.4, 0.5) is 5.95 Å². The lowest BCUT2D eigenvalue weighted by molar-refractivity contribution is 0.0996. The van der Waals surface area contributed by atoms with E-state index in [1.807, 2.05) is 36.6 Å². The molecule has 0 radical (unpaired) electrons. The molecule has 0 spiro atoms. The Morgan fingerprint density at radius 1 is 1.05 bits per heavy atom. The van der Waals surface area contributed by atoms with E-state index in [0.29, 0.717) is 64.2 Å². The van der Waals surface area contributed by atoms with Gasteiger partial charge in [0.25, 0.3) is 11.8 Å². The van der Waals surface area contributed by atoms with E-state index in [9.17, 15) is 14.2 Å². The summed E-state index contributed by atoms with van der Waals surface area (Å²) in [5.41, 5.74) is 9.52. The van der Waals surface area contributed by atoms with Gasteiger partial charge in [0.15, 0.2) is 0 Å². The highest BCUT2D eigenvalue weighted by molar-refractivity contribution is 7.62. The number of rotatable bonds is 12. The van der Waals surface area contributed by atoms with E-state index in [0.717, 1.165) is 11.3 Å². The number of carbonyl (C=O) groups excluding carboxylic acids is 2. The first-order chi connectivity index (χ1) is 20.6. The number of hydrogen-bond donors (Lipinski definition) is 2. The molecule has 0 unspecified atom stereocenters. The average Bonchev–Trinajstić information content (AvgIpc) is 3.65. The fourth-order valence-electron chi connectivity index (χ4n) is 5.19. The van der Waals surface area contributed by atoms with Gasteiger partial charge >= 0.3 is 7.60 Å². The van der Waals surface area contributed by atoms with Crippen LogP contribution in [-0.2, 0) is 33.1 Å². The summed E-state index contributed by atoms with van der Waals surface area (Å²) in [6.07, 6.45) is 0.546. The van der Waals surface area contributed by atoms with Crippen LogP contribution in [0, 0.1) is 13.8 Å². The Morgan fingerprint density at radius 2 is 1.74 bits per heavy atom. The number of nitrogens with two attached hydrogens (primary N) is 1. The summed E-state index contributed by atoms with van der Waals surface area (Å²) >= 11 is 0. The van der Waals surface area contributed by atoms with E-state index in [-0.39, 0.29) is 24.7 Å². The smallest absolute Gasteiger partial charge is 0.361 e. The molecule has 13 heteroatoms. The highest BCUT2D eigenvalue weighted by atomic mass is 31.2. The summed E-state index contributed by atoms with van der Waals surface area (Å²) in [5, 5.41) is 8.48. The van der Waals surface area contributed by atoms with Crippen molar-refractivity contribution in [1.82, 2.24) is 19.3 Å². The van der Waals surface area contributed by atoms with Crippen molar-refractivity contribution >= 4 is 52.7 Å². The number of amides is 2. The molecule has 5 aromatic rings. The lowest BCUT2D eigenvalue weighted by Crippen LogP contribution is -2.20. The van der Waals surface area contributed by atoms with Crippen molar-refractivity contribution in [3.05, 3.63) is 70.7 Å². The number of nitrogens with one attached hydrogen (secondary N) is 1. The van der Waals surface area contributed by atoms with Crippen LogP contribution in [0.5, 0.6) is 0 Å². The molecule has 0 aliphatic carbocycles. The van der Waals surface area contributed by atoms with Crippen molar-refractivity contribution in [2.45, 2.75) is 54.1 Å². The first-order valence-electron chi connectivity index (χ1n) is 14.2. The van der Waals surface area contributed by atoms with E-state index in [1.54, 1.807) is 49.7 Å². The molecule has 0 atom stereocenters. The Kier molecular flexibility index (Phi) is 8.55. The van der Waals surface area contributed by atoms with Gasteiger partial charge in [-0.3, -0.25) is 24.2 Å². The zero-order valence-corrected chi connectivity index (χ0v) is 25.7. The normalized spacial score (nSPS) is 11.9. The van der Waals surface area contributed by atoms with Gasteiger partial charge in [-0.2, -0.15) is 5.10 Å². The van der Waals surface area contributed by atoms with Gasteiger partial charge in [0, 0.05) is 18.5 Å². The molecule has 5 rings (SSSR count). The van der Waals surface area contributed by atoms with Gasteiger partial charge in [0.1, 0.15) is 17.0 Å². The summed E-state index contributed by atoms with van der Waals surface area (Å²) < 4.78 is 33.5. The van der Waals surface area contributed by atoms with Crippen LogP contribution in [-0.4, -0.2) is 44.4 Å². The van der Waals surface area contributed by atoms with Crippen molar-refractivity contribution in [2.24, 2.45) is 5.73 Å². The summed E-state index contributed by atoms with van der Waals surface area (Å²) in [7, 11) is -3.41. The SMILES string of the molecule is CCOP(=O)(OCC)c1ccc(CCn2c(NC(=O)c3cc(C)nn3CC)nc3cc(C(N)=O)c4oc(C)cc4c32)cc1. The highest BCUT2D eigenvalue weighted by Crippen LogP contribution is 2.46. The summed E-state index contributed by atoms with van der Waals surface area (Å²) in [6.45, 7) is 10.5. The first-order valence-corrected chi connectivity index (χ1v) is 15.7. The molecule has 2 amide bonds. The third kappa shape index (κ3) is 5.86. The summed E-state index contributed by atoms with van der Waals surface area (Å²) in [6, 6.07) is 12.4. The van der Waals surface area contributed by atoms with E-state index >= 15 is 0 Å². The predicted octanol–water partition coefficient (Wildman–Crippen LogP) is 5.10. The minimum Gasteiger partial charge on any atom is -0.460 e. The minimum absolute atomic E-state index is 0.210. The van der Waals surface area contributed by atoms with Gasteiger partial charge in [-0.05, 0) is 76.9 Å². The lowest BCUT2D eigenvalue weighted by atomic mass is 10.1. The van der Waals surface area contributed by atoms with Crippen molar-refractivity contribution in [2.75, 3.05) is 18.5 Å². The first kappa shape index (κ1) is 30.2. The summed E-state index contributed by atoms with van der Waals surface area (Å²) in [4.78, 5) is 30.4. The van der Waals surface area contributed by atoms with E-state index < -0.39 is 13.5 Å². The average molecular weight is 607 g/mol. The summed E-state index contributed by atoms with van der Waals surface area (Å²) in [5.74, 6) is -0.0905. The number of aryl methyl sites for hydroxylation is 5. The zero-order chi connectivity index (χ0) is 30.9. The fourth-order valence-corrected chi connectivity index (χ4v) is 6.76. The molecule has 0 aliphatic rings. The maximum atomic E-state index is 13.4. The van der Waals surface area contributed by atoms with Crippen LogP contribution in [0.15, 0.2) is 46.9 Å². The molecular weight excluding hydrogens is 571 g/mol. The molecule has 0 fully saturated rings. The van der Waals surface area contributed by atoms with Crippen LogP contribution in [0.3, 0.4) is 0 Å². The molecule has 226 valence electrons. The number of furan rings is 1. The van der Waals surface area contributed by atoms with Crippen molar-refractivity contribution < 1.29 is 27.6 Å². The van der Waals surface area contributed by atoms with Crippen LogP contribution in [0.2, 0.25) is 0 Å². The largest absolute Gasteiger partial charge is 0.460 e. The molecular formula is C30H35N6O6P. The second-order valence-electron chi connectivity index (χ2n) is 10.0. The molecule has 12 nitrogen and oxygen atoms in total. The number of imidazole rings is 1. The van der Waals surface area contributed by atoms with E-state index in [4.69, 9.17) is 24.2 Å². The minimum atomic E-state index is -3.41. The van der Waals surface area contributed by atoms with Gasteiger partial charge in [0.2, 0.25) is 5.95 Å². The monoisotopic (exact) mass is 606 g/mol. The number of primary amides is 1. The van der Waals surface area contributed by atoms with Crippen LogP contribution in [0.1, 0.15) is 58.6 Å². The van der Waals surface area contributed by atoms with Gasteiger partial charge in [-0.25, -0.2) is 4.98 Å². The van der Waals surface area contributed by atoms with Gasteiger partial charge in [0.05, 0.1) is 40.8 Å². The lowest BCUT2D eigenvalue weighted by Gasteiger charge is -2.17. The molecule has 43 heavy (non-hydrogen) atoms. The van der Waals surface area contributed by atoms with Gasteiger partial charge in [-0.1, -0.05) is 12.1 Å². The highest BCUT2D eigenvalue weighted by Gasteiger charge is 2.27. The predicted molar refractivity (Wildman–Crippen MR) is 164 cm³/mol. The Morgan fingerprint density at radius 3 is 2.37 bits per heavy atom. The standard InChI is InChI=1S/C30H35N6O6P/c1-6-36-25(15-18(4)34-36)29(38)33-30-32-24-17-23(28(31)37)27-22(16-19(5)42-27)26(24)35(30)14-13-20-9-11-21(12-10-20)43(39,40-7-2)41-8-3/h9-12,15-17H,6-8,13-14H2,1-5H3,(H2,31,37)(H,32,33,38). The van der Waals surface area contributed by atoms with Crippen LogP contribution in [0.25, 0.3) is 22.0 Å². The third-order valence-electron chi connectivity index (χ3n) is 7.03. The number of nitrogens with zero attached hydrogens (tertiary/aromatic N) is 4. The molecule has 2 aromatic carbocycles. The fraction of sp³-hybridized carbons (Fsp3) is 0.333. The van der Waals surface area contributed by atoms with Crippen molar-refractivity contribution in [1.29, 1.82) is 0 Å². The number of benzene rings is 2. The Balaban J connectivity index is 1.55. The second-order valence-corrected chi connectivity index (χ2v) is 12.1. The topological polar surface area (TPSA) is 156 Å². The Bertz CT molecular complexity index is 1860. The molecule has 0 saturated carbocycles. The molecule has 0 saturated heterocycles. The number of anilines is 1. The third-order valence-corrected chi connectivity index (χ3v) is 9.16. The molecule has 3 heterocycles. The molecule has 0 bridgehead atoms. The van der Waals surface area contributed by atoms with E-state index in [2.05, 4.69) is 10.4 Å². The Hall–Kier alpha value is -4.25. The Labute approximate surface area is 248 Å². The van der Waals surface area contributed by atoms with Crippen LogP contribution < -0.4 is 16.4 Å². The van der Waals surface area contributed by atoms with Crippen molar-refractivity contribution in [3.8, 4) is 0 Å². The zero-order valence-electron chi connectivity index (χ0n) is 24.8. The number of carbonyl (C=O) groups is 2. The second kappa shape index (κ2) is 12.2. The van der Waals surface area contributed by atoms with Gasteiger partial charge < -0.3 is 23.8 Å². The quantitative estimate of drug-likeness (QED) is 0.186. The van der Waals surface area contributed by atoms with Crippen molar-refractivity contribution in [3.63, 3.8) is 0 Å². The molecule has 3 N–H and O–H groups in total. The molecule has 0 aliphatic heterocycles. The van der Waals surface area contributed by atoms with Crippen LogP contribution >= 0.6 is 7.60 Å². The van der Waals surface area contributed by atoms with E-state index in [1.165, 1.54) is 0 Å². The maximum Gasteiger partial charge on any atom is 0.361 e. The maximum absolute atomic E-state index is 13.4.